The summed E-state index contributed by atoms with van der Waals surface area (Å²) in [4.78, 5) is 0. The second-order valence-electron chi connectivity index (χ2n) is 5.78. The number of nitrogens with zero attached hydrogens (tertiary/aromatic N) is 7. The minimum atomic E-state index is -0.0314. The molecule has 1 atom stereocenters. The molecule has 1 unspecified atom stereocenters. The maximum atomic E-state index is 5.11. The monoisotopic (exact) mass is 330 g/mol. The van der Waals surface area contributed by atoms with Crippen molar-refractivity contribution < 1.29 is 4.74 Å². The number of anilines is 1. The predicted molar refractivity (Wildman–Crippen MR) is 88.8 cm³/mol. The summed E-state index contributed by atoms with van der Waals surface area (Å²) < 4.78 is 8.83. The zero-order chi connectivity index (χ0) is 17.1. The minimum Gasteiger partial charge on any atom is -0.385 e. The summed E-state index contributed by atoms with van der Waals surface area (Å²) in [7, 11) is 1.70. The van der Waals surface area contributed by atoms with E-state index in [2.05, 4.69) is 37.7 Å². The summed E-state index contributed by atoms with van der Waals surface area (Å²) in [6.07, 6.45) is 4.27. The molecule has 0 saturated carbocycles. The lowest BCUT2D eigenvalue weighted by Crippen LogP contribution is -2.16. The highest BCUT2D eigenvalue weighted by atomic mass is 16.5. The SMILES string of the molecule is COCCCn1cnnc1C(C)Nc1c(C)c(C)nn2cnnc12. The van der Waals surface area contributed by atoms with Gasteiger partial charge in [-0.25, -0.2) is 0 Å². The van der Waals surface area contributed by atoms with E-state index in [9.17, 15) is 0 Å². The summed E-state index contributed by atoms with van der Waals surface area (Å²) in [5, 5.41) is 24.3. The van der Waals surface area contributed by atoms with Crippen LogP contribution in [0.15, 0.2) is 12.7 Å². The van der Waals surface area contributed by atoms with Gasteiger partial charge in [0.2, 0.25) is 5.65 Å². The Kier molecular flexibility index (Phi) is 4.70. The molecule has 0 aliphatic rings. The highest BCUT2D eigenvalue weighted by Crippen LogP contribution is 2.25. The number of methoxy groups -OCH3 is 1. The van der Waals surface area contributed by atoms with E-state index in [1.165, 1.54) is 0 Å². The molecular weight excluding hydrogens is 308 g/mol. The van der Waals surface area contributed by atoms with Gasteiger partial charge in [0.1, 0.15) is 12.7 Å². The Hall–Kier alpha value is -2.55. The van der Waals surface area contributed by atoms with E-state index in [1.807, 2.05) is 18.4 Å². The van der Waals surface area contributed by atoms with Crippen molar-refractivity contribution in [2.24, 2.45) is 0 Å². The first-order valence-electron chi connectivity index (χ1n) is 7.92. The minimum absolute atomic E-state index is 0.0314. The molecule has 3 aromatic heterocycles. The van der Waals surface area contributed by atoms with Crippen molar-refractivity contribution in [1.29, 1.82) is 0 Å². The van der Waals surface area contributed by atoms with Crippen LogP contribution in [-0.4, -0.2) is 48.3 Å². The number of hydrogen-bond donors (Lipinski definition) is 1. The van der Waals surface area contributed by atoms with Gasteiger partial charge in [-0.3, -0.25) is 0 Å². The van der Waals surface area contributed by atoms with Crippen molar-refractivity contribution in [2.75, 3.05) is 19.0 Å². The molecule has 0 spiro atoms. The lowest BCUT2D eigenvalue weighted by atomic mass is 10.2. The number of aromatic nitrogens is 7. The van der Waals surface area contributed by atoms with Crippen LogP contribution in [0.3, 0.4) is 0 Å². The third kappa shape index (κ3) is 3.07. The number of aryl methyl sites for hydroxylation is 2. The molecule has 0 aromatic carbocycles. The van der Waals surface area contributed by atoms with Crippen molar-refractivity contribution in [2.45, 2.75) is 39.8 Å². The average Bonchev–Trinajstić information content (AvgIpc) is 3.21. The van der Waals surface area contributed by atoms with Crippen molar-refractivity contribution >= 4 is 11.3 Å². The number of rotatable bonds is 7. The van der Waals surface area contributed by atoms with Gasteiger partial charge in [-0.1, -0.05) is 0 Å². The second-order valence-corrected chi connectivity index (χ2v) is 5.78. The fourth-order valence-corrected chi connectivity index (χ4v) is 2.66. The lowest BCUT2D eigenvalue weighted by Gasteiger charge is -2.18. The Morgan fingerprint density at radius 2 is 2.00 bits per heavy atom. The number of nitrogens with one attached hydrogen (secondary N) is 1. The Labute approximate surface area is 140 Å². The molecule has 0 fully saturated rings. The van der Waals surface area contributed by atoms with Gasteiger partial charge in [0, 0.05) is 20.3 Å². The first kappa shape index (κ1) is 16.3. The average molecular weight is 330 g/mol. The van der Waals surface area contributed by atoms with Crippen molar-refractivity contribution in [3.63, 3.8) is 0 Å². The highest BCUT2D eigenvalue weighted by Gasteiger charge is 2.18. The Morgan fingerprint density at radius 3 is 2.79 bits per heavy atom. The lowest BCUT2D eigenvalue weighted by molar-refractivity contribution is 0.190. The molecule has 0 aliphatic carbocycles. The summed E-state index contributed by atoms with van der Waals surface area (Å²) in [6, 6.07) is -0.0314. The Morgan fingerprint density at radius 1 is 1.21 bits per heavy atom. The van der Waals surface area contributed by atoms with Crippen LogP contribution in [0.25, 0.3) is 5.65 Å². The molecule has 128 valence electrons. The zero-order valence-electron chi connectivity index (χ0n) is 14.4. The first-order chi connectivity index (χ1) is 11.6. The Bertz CT molecular complexity index is 824. The number of ether oxygens (including phenoxy) is 1. The summed E-state index contributed by atoms with van der Waals surface area (Å²) >= 11 is 0. The summed E-state index contributed by atoms with van der Waals surface area (Å²) in [5.41, 5.74) is 3.60. The quantitative estimate of drug-likeness (QED) is 0.657. The molecule has 9 heteroatoms. The molecule has 24 heavy (non-hydrogen) atoms. The normalized spacial score (nSPS) is 12.7. The fourth-order valence-electron chi connectivity index (χ4n) is 2.66. The van der Waals surface area contributed by atoms with Gasteiger partial charge in [0.25, 0.3) is 0 Å². The smallest absolute Gasteiger partial charge is 0.200 e. The molecule has 0 radical (unpaired) electrons. The fraction of sp³-hybridized carbons (Fsp3) is 0.533. The topological polar surface area (TPSA) is 95.0 Å². The van der Waals surface area contributed by atoms with E-state index in [-0.39, 0.29) is 6.04 Å². The maximum Gasteiger partial charge on any atom is 0.200 e. The van der Waals surface area contributed by atoms with Gasteiger partial charge in [-0.15, -0.1) is 20.4 Å². The van der Waals surface area contributed by atoms with E-state index < -0.39 is 0 Å². The van der Waals surface area contributed by atoms with Crippen LogP contribution in [0.4, 0.5) is 5.69 Å². The van der Waals surface area contributed by atoms with E-state index >= 15 is 0 Å². The van der Waals surface area contributed by atoms with Crippen LogP contribution in [-0.2, 0) is 11.3 Å². The van der Waals surface area contributed by atoms with Crippen LogP contribution in [0.5, 0.6) is 0 Å². The third-order valence-corrected chi connectivity index (χ3v) is 4.07. The largest absolute Gasteiger partial charge is 0.385 e. The summed E-state index contributed by atoms with van der Waals surface area (Å²) in [5.74, 6) is 0.873. The first-order valence-corrected chi connectivity index (χ1v) is 7.92. The number of fused-ring (bicyclic) bond motifs is 1. The molecule has 0 aliphatic heterocycles. The molecule has 3 aromatic rings. The maximum absolute atomic E-state index is 5.11. The van der Waals surface area contributed by atoms with Gasteiger partial charge in [-0.05, 0) is 32.8 Å². The van der Waals surface area contributed by atoms with Crippen LogP contribution < -0.4 is 5.32 Å². The molecule has 1 N–H and O–H groups in total. The molecule has 0 saturated heterocycles. The highest BCUT2D eigenvalue weighted by molar-refractivity contribution is 5.71. The Balaban J connectivity index is 1.86. The van der Waals surface area contributed by atoms with Crippen LogP contribution in [0.1, 0.15) is 36.5 Å². The van der Waals surface area contributed by atoms with Gasteiger partial charge >= 0.3 is 0 Å². The molecular formula is C15H22N8O. The molecule has 3 rings (SSSR count). The zero-order valence-corrected chi connectivity index (χ0v) is 14.4. The van der Waals surface area contributed by atoms with E-state index in [0.29, 0.717) is 12.3 Å². The van der Waals surface area contributed by atoms with E-state index in [1.54, 1.807) is 24.3 Å². The number of hydrogen-bond acceptors (Lipinski definition) is 7. The standard InChI is InChI=1S/C15H22N8O/c1-10-11(2)21-23-9-17-20-15(23)13(10)18-12(3)14-19-16-8-22(14)6-5-7-24-4/h8-9,12,18H,5-7H2,1-4H3. The van der Waals surface area contributed by atoms with Crippen molar-refractivity contribution in [1.82, 2.24) is 34.6 Å². The van der Waals surface area contributed by atoms with Gasteiger partial charge in [0.15, 0.2) is 5.82 Å². The van der Waals surface area contributed by atoms with Crippen LogP contribution in [0, 0.1) is 13.8 Å². The predicted octanol–water partition coefficient (Wildman–Crippen LogP) is 1.54. The van der Waals surface area contributed by atoms with E-state index in [0.717, 1.165) is 35.7 Å². The molecule has 3 heterocycles. The summed E-state index contributed by atoms with van der Waals surface area (Å²) in [6.45, 7) is 7.57. The van der Waals surface area contributed by atoms with Gasteiger partial charge in [0.05, 0.1) is 17.4 Å². The van der Waals surface area contributed by atoms with Crippen LogP contribution in [0.2, 0.25) is 0 Å². The second kappa shape index (κ2) is 6.91. The molecule has 0 bridgehead atoms. The van der Waals surface area contributed by atoms with Gasteiger partial charge < -0.3 is 14.6 Å². The van der Waals surface area contributed by atoms with E-state index in [4.69, 9.17) is 4.74 Å². The van der Waals surface area contributed by atoms with Crippen LogP contribution >= 0.6 is 0 Å². The van der Waals surface area contributed by atoms with Crippen molar-refractivity contribution in [3.8, 4) is 0 Å². The third-order valence-electron chi connectivity index (χ3n) is 4.07. The van der Waals surface area contributed by atoms with Crippen molar-refractivity contribution in [3.05, 3.63) is 29.7 Å². The molecule has 0 amide bonds. The molecule has 9 nitrogen and oxygen atoms in total. The van der Waals surface area contributed by atoms with Gasteiger partial charge in [-0.2, -0.15) is 9.61 Å².